The molecule has 1 aromatic rings. The van der Waals surface area contributed by atoms with E-state index in [0.29, 0.717) is 6.61 Å². The highest BCUT2D eigenvalue weighted by atomic mass is 16.5. The maximum absolute atomic E-state index is 9.71. The molecule has 1 aromatic carbocycles. The largest absolute Gasteiger partial charge is 0.494 e. The van der Waals surface area contributed by atoms with Gasteiger partial charge in [0.25, 0.3) is 0 Å². The average molecular weight is 250 g/mol. The van der Waals surface area contributed by atoms with Crippen LogP contribution < -0.4 is 10.1 Å². The molecule has 0 unspecified atom stereocenters. The number of nitrogens with zero attached hydrogens (tertiary/aromatic N) is 1. The van der Waals surface area contributed by atoms with E-state index in [0.717, 1.165) is 37.5 Å². The van der Waals surface area contributed by atoms with Gasteiger partial charge >= 0.3 is 0 Å². The third kappa shape index (κ3) is 3.02. The van der Waals surface area contributed by atoms with Crippen LogP contribution in [0, 0.1) is 0 Å². The van der Waals surface area contributed by atoms with E-state index in [1.54, 1.807) is 0 Å². The molecule has 0 spiro atoms. The van der Waals surface area contributed by atoms with Gasteiger partial charge < -0.3 is 15.2 Å². The number of rotatable bonds is 5. The Bertz CT molecular complexity index is 365. The van der Waals surface area contributed by atoms with Crippen molar-refractivity contribution in [3.8, 4) is 5.75 Å². The summed E-state index contributed by atoms with van der Waals surface area (Å²) in [5.41, 5.74) is 1.09. The molecule has 100 valence electrons. The first-order valence-corrected chi connectivity index (χ1v) is 6.64. The molecule has 2 N–H and O–H groups in total. The van der Waals surface area contributed by atoms with E-state index in [4.69, 9.17) is 4.74 Å². The van der Waals surface area contributed by atoms with Gasteiger partial charge in [-0.1, -0.05) is 18.2 Å². The second kappa shape index (κ2) is 6.73. The SMILES string of the molecule is CCOc1ccccc1[C@@H](CO)N1CCNCC1. The van der Waals surface area contributed by atoms with Gasteiger partial charge in [-0.15, -0.1) is 0 Å². The second-order valence-corrected chi connectivity index (χ2v) is 4.46. The molecular formula is C14H22N2O2. The predicted octanol–water partition coefficient (Wildman–Crippen LogP) is 1.02. The summed E-state index contributed by atoms with van der Waals surface area (Å²) in [7, 11) is 0. The molecule has 4 nitrogen and oxygen atoms in total. The van der Waals surface area contributed by atoms with Crippen molar-refractivity contribution in [2.75, 3.05) is 39.4 Å². The molecule has 1 heterocycles. The lowest BCUT2D eigenvalue weighted by Crippen LogP contribution is -2.46. The minimum absolute atomic E-state index is 0.0369. The second-order valence-electron chi connectivity index (χ2n) is 4.46. The predicted molar refractivity (Wildman–Crippen MR) is 71.9 cm³/mol. The fourth-order valence-electron chi connectivity index (χ4n) is 2.45. The summed E-state index contributed by atoms with van der Waals surface area (Å²) >= 11 is 0. The summed E-state index contributed by atoms with van der Waals surface area (Å²) in [6.45, 7) is 6.65. The maximum atomic E-state index is 9.71. The van der Waals surface area contributed by atoms with Gasteiger partial charge in [-0.05, 0) is 13.0 Å². The van der Waals surface area contributed by atoms with Crippen LogP contribution in [0.25, 0.3) is 0 Å². The molecule has 1 aliphatic rings. The van der Waals surface area contributed by atoms with E-state index in [1.165, 1.54) is 0 Å². The van der Waals surface area contributed by atoms with Crippen molar-refractivity contribution in [2.24, 2.45) is 0 Å². The zero-order valence-electron chi connectivity index (χ0n) is 10.9. The van der Waals surface area contributed by atoms with Crippen molar-refractivity contribution in [3.63, 3.8) is 0 Å². The summed E-state index contributed by atoms with van der Waals surface area (Å²) in [4.78, 5) is 2.31. The molecule has 0 aromatic heterocycles. The molecule has 1 fully saturated rings. The van der Waals surface area contributed by atoms with Gasteiger partial charge in [0.15, 0.2) is 0 Å². The molecule has 2 rings (SSSR count). The Balaban J connectivity index is 2.20. The van der Waals surface area contributed by atoms with Crippen LogP contribution in [-0.4, -0.2) is 49.4 Å². The van der Waals surface area contributed by atoms with Gasteiger partial charge in [0.05, 0.1) is 19.3 Å². The topological polar surface area (TPSA) is 44.7 Å². The van der Waals surface area contributed by atoms with Crippen molar-refractivity contribution in [1.82, 2.24) is 10.2 Å². The van der Waals surface area contributed by atoms with Crippen molar-refractivity contribution < 1.29 is 9.84 Å². The molecule has 0 radical (unpaired) electrons. The minimum atomic E-state index is 0.0369. The van der Waals surface area contributed by atoms with E-state index < -0.39 is 0 Å². The van der Waals surface area contributed by atoms with Crippen molar-refractivity contribution in [1.29, 1.82) is 0 Å². The minimum Gasteiger partial charge on any atom is -0.494 e. The van der Waals surface area contributed by atoms with E-state index in [2.05, 4.69) is 10.2 Å². The van der Waals surface area contributed by atoms with Crippen LogP contribution >= 0.6 is 0 Å². The quantitative estimate of drug-likeness (QED) is 0.819. The van der Waals surface area contributed by atoms with Crippen LogP contribution in [0.4, 0.5) is 0 Å². The molecule has 4 heteroatoms. The Kier molecular flexibility index (Phi) is 4.99. The molecule has 1 atom stereocenters. The average Bonchev–Trinajstić information content (AvgIpc) is 2.43. The fourth-order valence-corrected chi connectivity index (χ4v) is 2.45. The van der Waals surface area contributed by atoms with Crippen LogP contribution in [0.1, 0.15) is 18.5 Å². The summed E-state index contributed by atoms with van der Waals surface area (Å²) in [5, 5.41) is 13.0. The Hall–Kier alpha value is -1.10. The monoisotopic (exact) mass is 250 g/mol. The first-order chi connectivity index (χ1) is 8.86. The molecule has 1 aliphatic heterocycles. The number of hydrogen-bond acceptors (Lipinski definition) is 4. The maximum Gasteiger partial charge on any atom is 0.124 e. The molecule has 18 heavy (non-hydrogen) atoms. The third-order valence-corrected chi connectivity index (χ3v) is 3.34. The Morgan fingerprint density at radius 3 is 2.72 bits per heavy atom. The lowest BCUT2D eigenvalue weighted by molar-refractivity contribution is 0.108. The molecule has 1 saturated heterocycles. The third-order valence-electron chi connectivity index (χ3n) is 3.34. The van der Waals surface area contributed by atoms with E-state index >= 15 is 0 Å². The summed E-state index contributed by atoms with van der Waals surface area (Å²) in [5.74, 6) is 0.887. The fraction of sp³-hybridized carbons (Fsp3) is 0.571. The summed E-state index contributed by atoms with van der Waals surface area (Å²) in [6, 6.07) is 8.04. The zero-order valence-corrected chi connectivity index (χ0v) is 10.9. The Morgan fingerprint density at radius 1 is 1.33 bits per heavy atom. The standard InChI is InChI=1S/C14H22N2O2/c1-2-18-14-6-4-3-5-12(14)13(11-17)16-9-7-15-8-10-16/h3-6,13,15,17H,2,7-11H2,1H3/t13-/m1/s1. The Labute approximate surface area is 109 Å². The number of benzene rings is 1. The molecular weight excluding hydrogens is 228 g/mol. The highest BCUT2D eigenvalue weighted by Gasteiger charge is 2.23. The van der Waals surface area contributed by atoms with Crippen LogP contribution in [0.2, 0.25) is 0 Å². The first kappa shape index (κ1) is 13.3. The first-order valence-electron chi connectivity index (χ1n) is 6.64. The number of aliphatic hydroxyl groups is 1. The van der Waals surface area contributed by atoms with E-state index in [9.17, 15) is 5.11 Å². The summed E-state index contributed by atoms with van der Waals surface area (Å²) in [6.07, 6.45) is 0. The number of aliphatic hydroxyl groups excluding tert-OH is 1. The number of piperazine rings is 1. The van der Waals surface area contributed by atoms with Gasteiger partial charge in [0.1, 0.15) is 5.75 Å². The molecule has 0 aliphatic carbocycles. The van der Waals surface area contributed by atoms with Crippen molar-refractivity contribution >= 4 is 0 Å². The number of para-hydroxylation sites is 1. The molecule has 0 bridgehead atoms. The van der Waals surface area contributed by atoms with Gasteiger partial charge in [0, 0.05) is 31.7 Å². The number of ether oxygens (including phenoxy) is 1. The normalized spacial score (nSPS) is 18.6. The highest BCUT2D eigenvalue weighted by Crippen LogP contribution is 2.29. The molecule has 0 amide bonds. The number of nitrogens with one attached hydrogen (secondary N) is 1. The van der Waals surface area contributed by atoms with E-state index in [-0.39, 0.29) is 12.6 Å². The Morgan fingerprint density at radius 2 is 2.06 bits per heavy atom. The van der Waals surface area contributed by atoms with Crippen LogP contribution in [0.5, 0.6) is 5.75 Å². The zero-order chi connectivity index (χ0) is 12.8. The van der Waals surface area contributed by atoms with Gasteiger partial charge in [0.2, 0.25) is 0 Å². The van der Waals surface area contributed by atoms with E-state index in [1.807, 2.05) is 31.2 Å². The smallest absolute Gasteiger partial charge is 0.124 e. The van der Waals surface area contributed by atoms with Crippen LogP contribution in [0.3, 0.4) is 0 Å². The summed E-state index contributed by atoms with van der Waals surface area (Å²) < 4.78 is 5.66. The van der Waals surface area contributed by atoms with Gasteiger partial charge in [-0.2, -0.15) is 0 Å². The van der Waals surface area contributed by atoms with Gasteiger partial charge in [-0.3, -0.25) is 4.90 Å². The van der Waals surface area contributed by atoms with Crippen LogP contribution in [0.15, 0.2) is 24.3 Å². The lowest BCUT2D eigenvalue weighted by atomic mass is 10.0. The number of hydrogen-bond donors (Lipinski definition) is 2. The van der Waals surface area contributed by atoms with Crippen molar-refractivity contribution in [2.45, 2.75) is 13.0 Å². The molecule has 0 saturated carbocycles. The van der Waals surface area contributed by atoms with Crippen molar-refractivity contribution in [3.05, 3.63) is 29.8 Å². The lowest BCUT2D eigenvalue weighted by Gasteiger charge is -2.34. The van der Waals surface area contributed by atoms with Crippen LogP contribution in [-0.2, 0) is 0 Å². The highest BCUT2D eigenvalue weighted by molar-refractivity contribution is 5.36. The van der Waals surface area contributed by atoms with Gasteiger partial charge in [-0.25, -0.2) is 0 Å².